The van der Waals surface area contributed by atoms with Crippen molar-refractivity contribution in [1.82, 2.24) is 0 Å². The third-order valence-corrected chi connectivity index (χ3v) is 2.69. The molecule has 0 radical (unpaired) electrons. The summed E-state index contributed by atoms with van der Waals surface area (Å²) in [5, 5.41) is 17.4. The Morgan fingerprint density at radius 1 is 1.17 bits per heavy atom. The van der Waals surface area contributed by atoms with Crippen LogP contribution >= 0.6 is 0 Å². The topological polar surface area (TPSA) is 57.5 Å². The lowest BCUT2D eigenvalue weighted by atomic mass is 9.81. The van der Waals surface area contributed by atoms with Crippen molar-refractivity contribution in [3.63, 3.8) is 0 Å². The number of carbonyl (C=O) groups is 1. The van der Waals surface area contributed by atoms with Gasteiger partial charge in [0.25, 0.3) is 0 Å². The molecule has 12 heavy (non-hydrogen) atoms. The Hall–Kier alpha value is -0.570. The van der Waals surface area contributed by atoms with Crippen LogP contribution in [0.3, 0.4) is 0 Å². The van der Waals surface area contributed by atoms with E-state index >= 15 is 0 Å². The van der Waals surface area contributed by atoms with Crippen molar-refractivity contribution in [2.24, 2.45) is 11.8 Å². The quantitative estimate of drug-likeness (QED) is 0.673. The Kier molecular flexibility index (Phi) is 3.53. The molecule has 0 saturated heterocycles. The maximum Gasteiger partial charge on any atom is 0.303 e. The minimum atomic E-state index is -0.692. The lowest BCUT2D eigenvalue weighted by molar-refractivity contribution is -0.138. The molecule has 0 heterocycles. The van der Waals surface area contributed by atoms with Crippen molar-refractivity contribution in [1.29, 1.82) is 0 Å². The van der Waals surface area contributed by atoms with Gasteiger partial charge in [-0.05, 0) is 37.5 Å². The molecule has 3 heteroatoms. The van der Waals surface area contributed by atoms with E-state index in [-0.39, 0.29) is 6.61 Å². The molecule has 0 aromatic rings. The van der Waals surface area contributed by atoms with E-state index in [2.05, 4.69) is 0 Å². The zero-order valence-corrected chi connectivity index (χ0v) is 7.20. The van der Waals surface area contributed by atoms with Gasteiger partial charge in [0.15, 0.2) is 0 Å². The molecule has 0 aromatic heterocycles. The minimum Gasteiger partial charge on any atom is -0.481 e. The highest BCUT2D eigenvalue weighted by atomic mass is 16.4. The molecule has 1 rings (SSSR count). The second kappa shape index (κ2) is 4.45. The zero-order valence-electron chi connectivity index (χ0n) is 7.20. The molecule has 1 saturated carbocycles. The third kappa shape index (κ3) is 2.81. The van der Waals surface area contributed by atoms with E-state index in [0.717, 1.165) is 25.7 Å². The summed E-state index contributed by atoms with van der Waals surface area (Å²) < 4.78 is 0. The average molecular weight is 172 g/mol. The third-order valence-electron chi connectivity index (χ3n) is 2.69. The summed E-state index contributed by atoms with van der Waals surface area (Å²) in [6, 6.07) is 0. The van der Waals surface area contributed by atoms with Crippen LogP contribution in [-0.4, -0.2) is 22.8 Å². The smallest absolute Gasteiger partial charge is 0.303 e. The number of carboxylic acid groups (broad SMARTS) is 1. The number of aliphatic hydroxyl groups is 1. The van der Waals surface area contributed by atoms with Gasteiger partial charge >= 0.3 is 5.97 Å². The monoisotopic (exact) mass is 172 g/mol. The molecular formula is C9H16O3. The van der Waals surface area contributed by atoms with Gasteiger partial charge < -0.3 is 10.2 Å². The molecule has 0 unspecified atom stereocenters. The van der Waals surface area contributed by atoms with E-state index in [4.69, 9.17) is 10.2 Å². The van der Waals surface area contributed by atoms with Crippen molar-refractivity contribution in [2.75, 3.05) is 6.61 Å². The van der Waals surface area contributed by atoms with Gasteiger partial charge in [0.1, 0.15) is 0 Å². The van der Waals surface area contributed by atoms with E-state index in [1.54, 1.807) is 0 Å². The Labute approximate surface area is 72.4 Å². The van der Waals surface area contributed by atoms with E-state index < -0.39 is 5.97 Å². The van der Waals surface area contributed by atoms with Gasteiger partial charge in [0.05, 0.1) is 0 Å². The van der Waals surface area contributed by atoms with Crippen molar-refractivity contribution < 1.29 is 15.0 Å². The van der Waals surface area contributed by atoms with Crippen molar-refractivity contribution >= 4 is 5.97 Å². The Morgan fingerprint density at radius 2 is 1.67 bits per heavy atom. The normalized spacial score (nSPS) is 30.1. The molecule has 0 atom stereocenters. The van der Waals surface area contributed by atoms with E-state index in [9.17, 15) is 4.79 Å². The molecule has 0 amide bonds. The number of aliphatic hydroxyl groups excluding tert-OH is 1. The fourth-order valence-electron chi connectivity index (χ4n) is 1.87. The number of hydrogen-bond donors (Lipinski definition) is 2. The molecule has 70 valence electrons. The number of aliphatic carboxylic acids is 1. The summed E-state index contributed by atoms with van der Waals surface area (Å²) in [4.78, 5) is 10.4. The average Bonchev–Trinajstić information content (AvgIpc) is 2.05. The van der Waals surface area contributed by atoms with Crippen LogP contribution in [0.15, 0.2) is 0 Å². The zero-order chi connectivity index (χ0) is 8.97. The van der Waals surface area contributed by atoms with Crippen LogP contribution in [0.5, 0.6) is 0 Å². The lowest BCUT2D eigenvalue weighted by Crippen LogP contribution is -2.19. The van der Waals surface area contributed by atoms with Gasteiger partial charge in [-0.25, -0.2) is 0 Å². The van der Waals surface area contributed by atoms with Crippen molar-refractivity contribution in [3.05, 3.63) is 0 Å². The first-order chi connectivity index (χ1) is 5.72. The minimum absolute atomic E-state index is 0.264. The van der Waals surface area contributed by atoms with E-state index in [0.29, 0.717) is 18.3 Å². The largest absolute Gasteiger partial charge is 0.481 e. The molecule has 0 bridgehead atoms. The Morgan fingerprint density at radius 3 is 2.08 bits per heavy atom. The highest BCUT2D eigenvalue weighted by Crippen LogP contribution is 2.30. The first-order valence-electron chi connectivity index (χ1n) is 4.55. The van der Waals surface area contributed by atoms with Gasteiger partial charge in [-0.3, -0.25) is 4.79 Å². The summed E-state index contributed by atoms with van der Waals surface area (Å²) in [6.07, 6.45) is 4.23. The van der Waals surface area contributed by atoms with Gasteiger partial charge in [-0.15, -0.1) is 0 Å². The number of carboxylic acids is 1. The number of hydrogen-bond acceptors (Lipinski definition) is 2. The second-order valence-corrected chi connectivity index (χ2v) is 3.67. The molecule has 2 N–H and O–H groups in total. The highest BCUT2D eigenvalue weighted by Gasteiger charge is 2.21. The molecule has 1 aliphatic carbocycles. The van der Waals surface area contributed by atoms with Gasteiger partial charge in [-0.2, -0.15) is 0 Å². The maximum absolute atomic E-state index is 10.4. The van der Waals surface area contributed by atoms with E-state index in [1.807, 2.05) is 0 Å². The van der Waals surface area contributed by atoms with Crippen LogP contribution in [0.1, 0.15) is 32.1 Å². The Balaban J connectivity index is 2.21. The standard InChI is InChI=1S/C9H16O3/c10-6-8-3-1-7(2-4-8)5-9(11)12/h7-8,10H,1-6H2,(H,11,12). The molecule has 0 aliphatic heterocycles. The van der Waals surface area contributed by atoms with Crippen LogP contribution in [0.25, 0.3) is 0 Å². The molecule has 1 fully saturated rings. The molecule has 1 aliphatic rings. The first kappa shape index (κ1) is 9.52. The fourth-order valence-corrected chi connectivity index (χ4v) is 1.87. The van der Waals surface area contributed by atoms with Crippen LogP contribution in [-0.2, 0) is 4.79 Å². The summed E-state index contributed by atoms with van der Waals surface area (Å²) in [5.74, 6) is 0.0859. The summed E-state index contributed by atoms with van der Waals surface area (Å²) in [5.41, 5.74) is 0. The molecule has 0 aromatic carbocycles. The Bertz CT molecular complexity index is 148. The fraction of sp³-hybridized carbons (Fsp3) is 0.889. The predicted octanol–water partition coefficient (Wildman–Crippen LogP) is 1.26. The molecule has 0 spiro atoms. The summed E-state index contributed by atoms with van der Waals surface area (Å²) in [7, 11) is 0. The van der Waals surface area contributed by atoms with Gasteiger partial charge in [0.2, 0.25) is 0 Å². The van der Waals surface area contributed by atoms with Crippen LogP contribution in [0, 0.1) is 11.8 Å². The van der Waals surface area contributed by atoms with Crippen LogP contribution in [0.4, 0.5) is 0 Å². The summed E-state index contributed by atoms with van der Waals surface area (Å²) in [6.45, 7) is 0.264. The first-order valence-corrected chi connectivity index (χ1v) is 4.55. The second-order valence-electron chi connectivity index (χ2n) is 3.67. The predicted molar refractivity (Wildman–Crippen MR) is 44.8 cm³/mol. The van der Waals surface area contributed by atoms with Crippen LogP contribution in [0.2, 0.25) is 0 Å². The maximum atomic E-state index is 10.4. The van der Waals surface area contributed by atoms with Crippen molar-refractivity contribution in [3.8, 4) is 0 Å². The lowest BCUT2D eigenvalue weighted by Gasteiger charge is -2.25. The van der Waals surface area contributed by atoms with Gasteiger partial charge in [0, 0.05) is 13.0 Å². The highest BCUT2D eigenvalue weighted by molar-refractivity contribution is 5.67. The van der Waals surface area contributed by atoms with Crippen molar-refractivity contribution in [2.45, 2.75) is 32.1 Å². The SMILES string of the molecule is O=C(O)CC1CCC(CO)CC1. The summed E-state index contributed by atoms with van der Waals surface area (Å²) >= 11 is 0. The molecular weight excluding hydrogens is 156 g/mol. The number of rotatable bonds is 3. The molecule has 3 nitrogen and oxygen atoms in total. The van der Waals surface area contributed by atoms with Gasteiger partial charge in [-0.1, -0.05) is 0 Å². The van der Waals surface area contributed by atoms with Crippen LogP contribution < -0.4 is 0 Å². The van der Waals surface area contributed by atoms with E-state index in [1.165, 1.54) is 0 Å².